The maximum Gasteiger partial charge on any atom is 0.274 e. The van der Waals surface area contributed by atoms with Gasteiger partial charge in [0, 0.05) is 12.4 Å². The first-order valence-electron chi connectivity index (χ1n) is 7.04. The Morgan fingerprint density at radius 3 is 2.42 bits per heavy atom. The van der Waals surface area contributed by atoms with Gasteiger partial charge in [0.15, 0.2) is 11.5 Å². The fourth-order valence-electron chi connectivity index (χ4n) is 1.97. The van der Waals surface area contributed by atoms with Gasteiger partial charge in [-0.25, -0.2) is 4.98 Å². The van der Waals surface area contributed by atoms with Gasteiger partial charge >= 0.3 is 0 Å². The summed E-state index contributed by atoms with van der Waals surface area (Å²) in [5.41, 5.74) is 0.680. The molecule has 0 aliphatic carbocycles. The first kappa shape index (κ1) is 15.3. The minimum absolute atomic E-state index is 0.0360. The number of carbonyl (C=O) groups excluding carboxylic acids is 1. The van der Waals surface area contributed by atoms with Crippen LogP contribution in [0.15, 0.2) is 48.8 Å². The van der Waals surface area contributed by atoms with Crippen molar-refractivity contribution in [1.29, 1.82) is 0 Å². The molecule has 8 nitrogen and oxygen atoms in total. The van der Waals surface area contributed by atoms with E-state index in [1.165, 1.54) is 6.20 Å². The van der Waals surface area contributed by atoms with Crippen LogP contribution in [0.3, 0.4) is 0 Å². The van der Waals surface area contributed by atoms with E-state index in [4.69, 9.17) is 0 Å². The summed E-state index contributed by atoms with van der Waals surface area (Å²) in [6, 6.07) is 10.4. The zero-order chi connectivity index (χ0) is 16.9. The van der Waals surface area contributed by atoms with E-state index in [1.54, 1.807) is 42.6 Å². The molecule has 0 radical (unpaired) electrons. The molecule has 0 spiro atoms. The third-order valence-electron chi connectivity index (χ3n) is 3.13. The quantitative estimate of drug-likeness (QED) is 0.661. The zero-order valence-corrected chi connectivity index (χ0v) is 12.4. The molecule has 0 fully saturated rings. The van der Waals surface area contributed by atoms with Crippen LogP contribution in [-0.4, -0.2) is 36.1 Å². The lowest BCUT2D eigenvalue weighted by molar-refractivity contribution is 0.0941. The highest BCUT2D eigenvalue weighted by Gasteiger charge is 2.20. The van der Waals surface area contributed by atoms with Gasteiger partial charge in [-0.1, -0.05) is 12.1 Å². The molecule has 0 aromatic carbocycles. The maximum atomic E-state index is 12.3. The second-order valence-electron chi connectivity index (χ2n) is 4.79. The number of nitrogens with zero attached hydrogens (tertiary/aromatic N) is 4. The highest BCUT2D eigenvalue weighted by atomic mass is 16.3. The lowest BCUT2D eigenvalue weighted by atomic mass is 10.3. The molecule has 120 valence electrons. The first-order valence-corrected chi connectivity index (χ1v) is 7.04. The lowest BCUT2D eigenvalue weighted by Crippen LogP contribution is -2.24. The molecule has 8 heteroatoms. The van der Waals surface area contributed by atoms with E-state index in [0.717, 1.165) is 0 Å². The third kappa shape index (κ3) is 3.27. The molecule has 3 heterocycles. The van der Waals surface area contributed by atoms with Crippen molar-refractivity contribution in [3.8, 4) is 23.1 Å². The van der Waals surface area contributed by atoms with Crippen molar-refractivity contribution < 1.29 is 15.0 Å². The summed E-state index contributed by atoms with van der Waals surface area (Å²) in [7, 11) is 0. The van der Waals surface area contributed by atoms with Gasteiger partial charge in [0.05, 0.1) is 12.2 Å². The normalized spacial score (nSPS) is 10.3. The highest BCUT2D eigenvalue weighted by molar-refractivity contribution is 5.95. The second-order valence-corrected chi connectivity index (χ2v) is 4.79. The average molecular weight is 323 g/mol. The summed E-state index contributed by atoms with van der Waals surface area (Å²) < 4.78 is 0. The fraction of sp³-hybridized carbons (Fsp3) is 0.0625. The van der Waals surface area contributed by atoms with Gasteiger partial charge in [-0.3, -0.25) is 14.8 Å². The number of nitrogens with one attached hydrogen (secondary N) is 1. The monoisotopic (exact) mass is 323 g/mol. The molecular weight excluding hydrogens is 310 g/mol. The van der Waals surface area contributed by atoms with Crippen LogP contribution in [0.25, 0.3) is 11.5 Å². The molecule has 0 saturated heterocycles. The summed E-state index contributed by atoms with van der Waals surface area (Å²) in [4.78, 5) is 28.1. The molecular formula is C16H13N5O3. The Labute approximate surface area is 136 Å². The van der Waals surface area contributed by atoms with Gasteiger partial charge in [0.1, 0.15) is 5.69 Å². The van der Waals surface area contributed by atoms with Crippen LogP contribution < -0.4 is 5.32 Å². The molecule has 3 aromatic heterocycles. The first-order chi connectivity index (χ1) is 11.6. The van der Waals surface area contributed by atoms with Gasteiger partial charge in [-0.2, -0.15) is 4.98 Å². The van der Waals surface area contributed by atoms with Crippen molar-refractivity contribution in [3.63, 3.8) is 0 Å². The maximum absolute atomic E-state index is 12.3. The Morgan fingerprint density at radius 2 is 1.75 bits per heavy atom. The van der Waals surface area contributed by atoms with Crippen molar-refractivity contribution in [2.45, 2.75) is 6.54 Å². The molecule has 0 aliphatic rings. The molecule has 3 N–H and O–H groups in total. The van der Waals surface area contributed by atoms with E-state index in [2.05, 4.69) is 25.3 Å². The van der Waals surface area contributed by atoms with Crippen LogP contribution in [0.1, 0.15) is 16.2 Å². The lowest BCUT2D eigenvalue weighted by Gasteiger charge is -2.08. The Kier molecular flexibility index (Phi) is 4.28. The van der Waals surface area contributed by atoms with Crippen LogP contribution in [0, 0.1) is 0 Å². The molecule has 0 bridgehead atoms. The molecule has 24 heavy (non-hydrogen) atoms. The molecule has 0 atom stereocenters. The minimum atomic E-state index is -0.687. The Morgan fingerprint density at radius 1 is 1.00 bits per heavy atom. The number of pyridine rings is 2. The van der Waals surface area contributed by atoms with E-state index >= 15 is 0 Å². The minimum Gasteiger partial charge on any atom is -0.501 e. The Bertz CT molecular complexity index is 856. The van der Waals surface area contributed by atoms with Gasteiger partial charge < -0.3 is 15.5 Å². The molecule has 0 saturated carbocycles. The summed E-state index contributed by atoms with van der Waals surface area (Å²) >= 11 is 0. The van der Waals surface area contributed by atoms with E-state index in [1.807, 2.05) is 0 Å². The van der Waals surface area contributed by atoms with E-state index in [0.29, 0.717) is 11.4 Å². The smallest absolute Gasteiger partial charge is 0.274 e. The molecule has 0 unspecified atom stereocenters. The van der Waals surface area contributed by atoms with Crippen LogP contribution in [0.4, 0.5) is 0 Å². The van der Waals surface area contributed by atoms with Crippen LogP contribution >= 0.6 is 0 Å². The van der Waals surface area contributed by atoms with Gasteiger partial charge in [-0.15, -0.1) is 0 Å². The average Bonchev–Trinajstić information content (AvgIpc) is 2.63. The van der Waals surface area contributed by atoms with Crippen LogP contribution in [-0.2, 0) is 6.54 Å². The molecule has 0 aliphatic heterocycles. The number of hydrogen-bond donors (Lipinski definition) is 3. The van der Waals surface area contributed by atoms with Crippen molar-refractivity contribution in [1.82, 2.24) is 25.3 Å². The topological polar surface area (TPSA) is 121 Å². The van der Waals surface area contributed by atoms with E-state index in [9.17, 15) is 15.0 Å². The molecule has 3 rings (SSSR count). The molecule has 1 amide bonds. The van der Waals surface area contributed by atoms with Gasteiger partial charge in [-0.05, 0) is 24.3 Å². The predicted molar refractivity (Wildman–Crippen MR) is 84.0 cm³/mol. The largest absolute Gasteiger partial charge is 0.501 e. The molecule has 3 aromatic rings. The van der Waals surface area contributed by atoms with Crippen molar-refractivity contribution in [2.24, 2.45) is 0 Å². The number of amides is 1. The van der Waals surface area contributed by atoms with Crippen molar-refractivity contribution in [3.05, 3.63) is 60.2 Å². The van der Waals surface area contributed by atoms with Crippen molar-refractivity contribution in [2.75, 3.05) is 0 Å². The SMILES string of the molecule is O=C(NCc1ccccn1)c1nc(-c2ccccn2)nc(O)c1O. The summed E-state index contributed by atoms with van der Waals surface area (Å²) in [6.07, 6.45) is 3.14. The van der Waals surface area contributed by atoms with Crippen molar-refractivity contribution >= 4 is 5.91 Å². The fourth-order valence-corrected chi connectivity index (χ4v) is 1.97. The summed E-state index contributed by atoms with van der Waals surface area (Å²) in [6.45, 7) is 0.156. The predicted octanol–water partition coefficient (Wildman–Crippen LogP) is 1.27. The number of aromatic hydroxyl groups is 2. The number of rotatable bonds is 4. The standard InChI is InChI=1S/C16H13N5O3/c22-13-12(15(23)19-9-10-5-1-3-7-17-10)20-14(21-16(13)24)11-6-2-4-8-18-11/h1-8,22H,9H2,(H,19,23)(H,20,21,24). The summed E-state index contributed by atoms with van der Waals surface area (Å²) in [5.74, 6) is -2.00. The number of aromatic nitrogens is 4. The summed E-state index contributed by atoms with van der Waals surface area (Å²) in [5, 5.41) is 22.2. The number of carbonyl (C=O) groups is 1. The second kappa shape index (κ2) is 6.69. The third-order valence-corrected chi connectivity index (χ3v) is 3.13. The van der Waals surface area contributed by atoms with E-state index < -0.39 is 17.5 Å². The van der Waals surface area contributed by atoms with Gasteiger partial charge in [0.25, 0.3) is 11.8 Å². The van der Waals surface area contributed by atoms with Gasteiger partial charge in [0.2, 0.25) is 5.75 Å². The van der Waals surface area contributed by atoms with Crippen LogP contribution in [0.2, 0.25) is 0 Å². The van der Waals surface area contributed by atoms with Crippen LogP contribution in [0.5, 0.6) is 11.6 Å². The zero-order valence-electron chi connectivity index (χ0n) is 12.4. The Hall–Kier alpha value is -3.55. The van der Waals surface area contributed by atoms with E-state index in [-0.39, 0.29) is 18.1 Å². The Balaban J connectivity index is 1.86. The number of hydrogen-bond acceptors (Lipinski definition) is 7. The highest BCUT2D eigenvalue weighted by Crippen LogP contribution is 2.27.